The molecule has 0 radical (unpaired) electrons. The van der Waals surface area contributed by atoms with Gasteiger partial charge in [0.1, 0.15) is 0 Å². The van der Waals surface area contributed by atoms with E-state index < -0.39 is 0 Å². The van der Waals surface area contributed by atoms with Crippen molar-refractivity contribution in [2.45, 2.75) is 45.8 Å². The summed E-state index contributed by atoms with van der Waals surface area (Å²) in [6, 6.07) is 0.246. The highest BCUT2D eigenvalue weighted by Crippen LogP contribution is 2.20. The lowest BCUT2D eigenvalue weighted by Gasteiger charge is -2.12. The van der Waals surface area contributed by atoms with Gasteiger partial charge < -0.3 is 10.6 Å². The number of aromatic nitrogens is 2. The maximum atomic E-state index is 11.1. The maximum absolute atomic E-state index is 11.1. The Kier molecular flexibility index (Phi) is 4.24. The molecule has 18 heavy (non-hydrogen) atoms. The number of halogens is 1. The van der Waals surface area contributed by atoms with Crippen LogP contribution in [0.4, 0.5) is 0 Å². The largest absolute Gasteiger partial charge is 0.352 e. The van der Waals surface area contributed by atoms with Gasteiger partial charge in [-0.1, -0.05) is 11.6 Å². The molecule has 1 fully saturated rings. The van der Waals surface area contributed by atoms with Crippen LogP contribution in [0.25, 0.3) is 0 Å². The van der Waals surface area contributed by atoms with Gasteiger partial charge in [-0.05, 0) is 20.3 Å². The third kappa shape index (κ3) is 2.84. The molecular formula is C12H19ClN4O. The standard InChI is InChI=1S/C12H19ClN4O/c1-3-17-10(12(13)8(2)16-17)7-14-6-9-4-5-11(18)15-9/h9,14H,3-7H2,1-2H3,(H,15,18). The molecule has 6 heteroatoms. The van der Waals surface area contributed by atoms with Gasteiger partial charge in [0, 0.05) is 32.1 Å². The molecule has 0 aromatic carbocycles. The summed E-state index contributed by atoms with van der Waals surface area (Å²) in [7, 11) is 0. The summed E-state index contributed by atoms with van der Waals surface area (Å²) < 4.78 is 1.91. The molecule has 5 nitrogen and oxygen atoms in total. The first-order valence-corrected chi connectivity index (χ1v) is 6.71. The molecule has 100 valence electrons. The van der Waals surface area contributed by atoms with Crippen molar-refractivity contribution in [2.24, 2.45) is 0 Å². The summed E-state index contributed by atoms with van der Waals surface area (Å²) in [4.78, 5) is 11.1. The SMILES string of the molecule is CCn1nc(C)c(Cl)c1CNCC1CCC(=O)N1. The Morgan fingerprint density at radius 2 is 2.39 bits per heavy atom. The minimum atomic E-state index is 0.147. The Bertz CT molecular complexity index is 444. The second kappa shape index (κ2) is 5.71. The molecule has 2 heterocycles. The number of nitrogens with one attached hydrogen (secondary N) is 2. The molecule has 0 bridgehead atoms. The zero-order chi connectivity index (χ0) is 13.1. The lowest BCUT2D eigenvalue weighted by atomic mass is 10.2. The fraction of sp³-hybridized carbons (Fsp3) is 0.667. The predicted octanol–water partition coefficient (Wildman–Crippen LogP) is 1.23. The van der Waals surface area contributed by atoms with E-state index in [2.05, 4.69) is 15.7 Å². The van der Waals surface area contributed by atoms with E-state index in [0.717, 1.165) is 35.9 Å². The molecular weight excluding hydrogens is 252 g/mol. The monoisotopic (exact) mass is 270 g/mol. The minimum absolute atomic E-state index is 0.147. The number of carbonyl (C=O) groups excluding carboxylic acids is 1. The first-order valence-electron chi connectivity index (χ1n) is 6.33. The van der Waals surface area contributed by atoms with Crippen molar-refractivity contribution in [1.82, 2.24) is 20.4 Å². The van der Waals surface area contributed by atoms with Crippen LogP contribution in [0.5, 0.6) is 0 Å². The third-order valence-corrected chi connectivity index (χ3v) is 3.71. The summed E-state index contributed by atoms with van der Waals surface area (Å²) in [5.74, 6) is 0.147. The molecule has 1 saturated heterocycles. The molecule has 0 saturated carbocycles. The van der Waals surface area contributed by atoms with Gasteiger partial charge in [0.25, 0.3) is 0 Å². The van der Waals surface area contributed by atoms with Crippen LogP contribution in [0.15, 0.2) is 0 Å². The van der Waals surface area contributed by atoms with Crippen molar-refractivity contribution in [3.8, 4) is 0 Å². The summed E-state index contributed by atoms with van der Waals surface area (Å²) in [5.41, 5.74) is 1.88. The second-order valence-electron chi connectivity index (χ2n) is 4.60. The van der Waals surface area contributed by atoms with Gasteiger partial charge in [-0.15, -0.1) is 0 Å². The Morgan fingerprint density at radius 1 is 1.61 bits per heavy atom. The summed E-state index contributed by atoms with van der Waals surface area (Å²) in [6.07, 6.45) is 1.55. The first-order chi connectivity index (χ1) is 8.61. The van der Waals surface area contributed by atoms with Gasteiger partial charge >= 0.3 is 0 Å². The van der Waals surface area contributed by atoms with Gasteiger partial charge in [-0.3, -0.25) is 9.48 Å². The van der Waals surface area contributed by atoms with Crippen LogP contribution >= 0.6 is 11.6 Å². The van der Waals surface area contributed by atoms with Crippen molar-refractivity contribution in [2.75, 3.05) is 6.54 Å². The van der Waals surface area contributed by atoms with E-state index in [0.29, 0.717) is 13.0 Å². The summed E-state index contributed by atoms with van der Waals surface area (Å²) in [5, 5.41) is 11.4. The predicted molar refractivity (Wildman–Crippen MR) is 70.5 cm³/mol. The van der Waals surface area contributed by atoms with Crippen molar-refractivity contribution in [1.29, 1.82) is 0 Å². The normalized spacial score (nSPS) is 19.3. The number of rotatable bonds is 5. The number of hydrogen-bond acceptors (Lipinski definition) is 3. The van der Waals surface area contributed by atoms with E-state index in [4.69, 9.17) is 11.6 Å². The van der Waals surface area contributed by atoms with Gasteiger partial charge in [0.05, 0.1) is 16.4 Å². The van der Waals surface area contributed by atoms with Crippen LogP contribution in [-0.4, -0.2) is 28.3 Å². The van der Waals surface area contributed by atoms with Crippen molar-refractivity contribution in [3.63, 3.8) is 0 Å². The van der Waals surface area contributed by atoms with Crippen LogP contribution in [0.3, 0.4) is 0 Å². The van der Waals surface area contributed by atoms with E-state index in [-0.39, 0.29) is 11.9 Å². The Labute approximate surface area is 112 Å². The highest BCUT2D eigenvalue weighted by atomic mass is 35.5. The zero-order valence-corrected chi connectivity index (χ0v) is 11.5. The zero-order valence-electron chi connectivity index (χ0n) is 10.8. The molecule has 1 aromatic heterocycles. The van der Waals surface area contributed by atoms with Crippen LogP contribution < -0.4 is 10.6 Å². The number of carbonyl (C=O) groups is 1. The van der Waals surface area contributed by atoms with E-state index in [1.807, 2.05) is 18.5 Å². The van der Waals surface area contributed by atoms with Crippen molar-refractivity contribution < 1.29 is 4.79 Å². The van der Waals surface area contributed by atoms with Crippen LogP contribution in [-0.2, 0) is 17.9 Å². The lowest BCUT2D eigenvalue weighted by Crippen LogP contribution is -2.35. The molecule has 1 amide bonds. The second-order valence-corrected chi connectivity index (χ2v) is 4.97. The minimum Gasteiger partial charge on any atom is -0.352 e. The molecule has 0 spiro atoms. The summed E-state index contributed by atoms with van der Waals surface area (Å²) >= 11 is 6.22. The van der Waals surface area contributed by atoms with E-state index in [1.165, 1.54) is 0 Å². The lowest BCUT2D eigenvalue weighted by molar-refractivity contribution is -0.119. The number of amides is 1. The molecule has 1 aliphatic rings. The Balaban J connectivity index is 1.88. The molecule has 1 aliphatic heterocycles. The van der Waals surface area contributed by atoms with Crippen molar-refractivity contribution >= 4 is 17.5 Å². The smallest absolute Gasteiger partial charge is 0.220 e. The highest BCUT2D eigenvalue weighted by Gasteiger charge is 2.20. The van der Waals surface area contributed by atoms with Gasteiger partial charge in [-0.25, -0.2) is 0 Å². The van der Waals surface area contributed by atoms with E-state index in [1.54, 1.807) is 0 Å². The van der Waals surface area contributed by atoms with Gasteiger partial charge in [-0.2, -0.15) is 5.10 Å². The molecule has 1 unspecified atom stereocenters. The molecule has 2 N–H and O–H groups in total. The number of hydrogen-bond donors (Lipinski definition) is 2. The van der Waals surface area contributed by atoms with Gasteiger partial charge in [0.2, 0.25) is 5.91 Å². The maximum Gasteiger partial charge on any atom is 0.220 e. The van der Waals surface area contributed by atoms with Gasteiger partial charge in [0.15, 0.2) is 0 Å². The molecule has 2 rings (SSSR count). The quantitative estimate of drug-likeness (QED) is 0.846. The van der Waals surface area contributed by atoms with Crippen LogP contribution in [0.1, 0.15) is 31.2 Å². The average Bonchev–Trinajstić information content (AvgIpc) is 2.87. The number of aryl methyl sites for hydroxylation is 2. The topological polar surface area (TPSA) is 59.0 Å². The summed E-state index contributed by atoms with van der Waals surface area (Å²) in [6.45, 7) is 6.22. The Hall–Kier alpha value is -1.07. The Morgan fingerprint density at radius 3 is 3.00 bits per heavy atom. The molecule has 0 aliphatic carbocycles. The molecule has 1 atom stereocenters. The van der Waals surface area contributed by atoms with E-state index >= 15 is 0 Å². The van der Waals surface area contributed by atoms with Crippen molar-refractivity contribution in [3.05, 3.63) is 16.4 Å². The average molecular weight is 271 g/mol. The van der Waals surface area contributed by atoms with E-state index in [9.17, 15) is 4.79 Å². The third-order valence-electron chi connectivity index (χ3n) is 3.22. The fourth-order valence-corrected chi connectivity index (χ4v) is 2.44. The highest BCUT2D eigenvalue weighted by molar-refractivity contribution is 6.31. The number of nitrogens with zero attached hydrogens (tertiary/aromatic N) is 2. The van der Waals surface area contributed by atoms with Crippen LogP contribution in [0, 0.1) is 6.92 Å². The molecule has 1 aromatic rings. The fourth-order valence-electron chi connectivity index (χ4n) is 2.23. The first kappa shape index (κ1) is 13.4. The van der Waals surface area contributed by atoms with Crippen LogP contribution in [0.2, 0.25) is 5.02 Å².